The number of hydrogen-bond donors (Lipinski definition) is 1. The molecule has 0 aliphatic carbocycles. The smallest absolute Gasteiger partial charge is 0.226 e. The molecule has 2 aromatic rings. The summed E-state index contributed by atoms with van der Waals surface area (Å²) in [7, 11) is 0. The molecule has 2 N–H and O–H groups in total. The third-order valence-electron chi connectivity index (χ3n) is 3.36. The highest BCUT2D eigenvalue weighted by atomic mass is 16.5. The first-order valence-corrected chi connectivity index (χ1v) is 7.39. The number of rotatable bonds is 7. The average Bonchev–Trinajstić information content (AvgIpc) is 2.43. The summed E-state index contributed by atoms with van der Waals surface area (Å²) in [5.74, 6) is 0.855. The number of anilines is 1. The Labute approximate surface area is 120 Å². The van der Waals surface area contributed by atoms with Crippen molar-refractivity contribution in [3.8, 4) is 5.88 Å². The molecule has 4 nitrogen and oxygen atoms in total. The zero-order chi connectivity index (χ0) is 14.4. The van der Waals surface area contributed by atoms with Crippen molar-refractivity contribution in [1.29, 1.82) is 0 Å². The minimum Gasteiger partial charge on any atom is -0.474 e. The first-order chi connectivity index (χ1) is 9.70. The normalized spacial score (nSPS) is 12.5. The van der Waals surface area contributed by atoms with Crippen molar-refractivity contribution >= 4 is 16.9 Å². The van der Waals surface area contributed by atoms with E-state index in [0.717, 1.165) is 17.3 Å². The Morgan fingerprint density at radius 1 is 1.15 bits per heavy atom. The standard InChI is InChI=1S/C16H23N3O/c1-3-4-5-6-9-12(2)20-15-13-10-7-8-11-14(13)18-16(17)19-15/h7-8,10-12H,3-6,9H2,1-2H3,(H2,17,18,19). The highest BCUT2D eigenvalue weighted by Crippen LogP contribution is 2.24. The number of hydrogen-bond acceptors (Lipinski definition) is 4. The third-order valence-corrected chi connectivity index (χ3v) is 3.36. The van der Waals surface area contributed by atoms with Crippen LogP contribution in [0.2, 0.25) is 0 Å². The topological polar surface area (TPSA) is 61.0 Å². The SMILES string of the molecule is CCCCCCC(C)Oc1nc(N)nc2ccccc12. The van der Waals surface area contributed by atoms with Crippen molar-refractivity contribution in [1.82, 2.24) is 9.97 Å². The molecule has 1 aromatic heterocycles. The van der Waals surface area contributed by atoms with Gasteiger partial charge >= 0.3 is 0 Å². The number of fused-ring (bicyclic) bond motifs is 1. The summed E-state index contributed by atoms with van der Waals surface area (Å²) in [5.41, 5.74) is 6.56. The molecule has 0 saturated heterocycles. The third kappa shape index (κ3) is 3.83. The Morgan fingerprint density at radius 2 is 1.95 bits per heavy atom. The molecule has 1 atom stereocenters. The van der Waals surface area contributed by atoms with Gasteiger partial charge < -0.3 is 10.5 Å². The number of aromatic nitrogens is 2. The number of unbranched alkanes of at least 4 members (excludes halogenated alkanes) is 3. The highest BCUT2D eigenvalue weighted by molar-refractivity contribution is 5.84. The van der Waals surface area contributed by atoms with Crippen LogP contribution in [-0.2, 0) is 0 Å². The van der Waals surface area contributed by atoms with Gasteiger partial charge in [0, 0.05) is 0 Å². The Balaban J connectivity index is 2.05. The second-order valence-electron chi connectivity index (χ2n) is 5.18. The number of nitrogen functional groups attached to an aromatic ring is 1. The van der Waals surface area contributed by atoms with Gasteiger partial charge in [-0.1, -0.05) is 38.3 Å². The molecule has 0 spiro atoms. The van der Waals surface area contributed by atoms with Crippen LogP contribution in [0.15, 0.2) is 24.3 Å². The van der Waals surface area contributed by atoms with Crippen LogP contribution in [0, 0.1) is 0 Å². The largest absolute Gasteiger partial charge is 0.474 e. The fraction of sp³-hybridized carbons (Fsp3) is 0.500. The molecule has 0 amide bonds. The first-order valence-electron chi connectivity index (χ1n) is 7.39. The Kier molecular flexibility index (Phi) is 5.16. The molecule has 20 heavy (non-hydrogen) atoms. The van der Waals surface area contributed by atoms with Gasteiger partial charge in [-0.2, -0.15) is 4.98 Å². The van der Waals surface area contributed by atoms with Crippen LogP contribution < -0.4 is 10.5 Å². The molecule has 108 valence electrons. The van der Waals surface area contributed by atoms with Crippen molar-refractivity contribution in [2.45, 2.75) is 52.1 Å². The number of nitrogens with two attached hydrogens (primary N) is 1. The van der Waals surface area contributed by atoms with E-state index in [1.54, 1.807) is 0 Å². The molecule has 0 aliphatic rings. The van der Waals surface area contributed by atoms with Gasteiger partial charge in [-0.25, -0.2) is 4.98 Å². The molecule has 0 bridgehead atoms. The maximum Gasteiger partial charge on any atom is 0.226 e. The predicted molar refractivity (Wildman–Crippen MR) is 82.8 cm³/mol. The van der Waals surface area contributed by atoms with Gasteiger partial charge in [-0.3, -0.25) is 0 Å². The Bertz CT molecular complexity index is 556. The van der Waals surface area contributed by atoms with Crippen LogP contribution in [0.5, 0.6) is 5.88 Å². The molecule has 4 heteroatoms. The van der Waals surface area contributed by atoms with Crippen LogP contribution in [0.1, 0.15) is 46.0 Å². The zero-order valence-electron chi connectivity index (χ0n) is 12.3. The lowest BCUT2D eigenvalue weighted by atomic mass is 10.1. The van der Waals surface area contributed by atoms with E-state index in [1.807, 2.05) is 24.3 Å². The van der Waals surface area contributed by atoms with E-state index in [0.29, 0.717) is 5.88 Å². The summed E-state index contributed by atoms with van der Waals surface area (Å²) in [6.45, 7) is 4.30. The number of para-hydroxylation sites is 1. The summed E-state index contributed by atoms with van der Waals surface area (Å²) in [6.07, 6.45) is 6.17. The molecule has 1 aromatic carbocycles. The molecule has 0 aliphatic heterocycles. The molecule has 1 unspecified atom stereocenters. The second-order valence-corrected chi connectivity index (χ2v) is 5.18. The van der Waals surface area contributed by atoms with Crippen molar-refractivity contribution in [3.05, 3.63) is 24.3 Å². The van der Waals surface area contributed by atoms with Gasteiger partial charge in [0.25, 0.3) is 0 Å². The van der Waals surface area contributed by atoms with Crippen LogP contribution >= 0.6 is 0 Å². The maximum atomic E-state index is 5.96. The van der Waals surface area contributed by atoms with E-state index in [4.69, 9.17) is 10.5 Å². The molecule has 0 saturated carbocycles. The lowest BCUT2D eigenvalue weighted by molar-refractivity contribution is 0.201. The summed E-state index contributed by atoms with van der Waals surface area (Å²) in [5, 5.41) is 0.919. The van der Waals surface area contributed by atoms with Crippen molar-refractivity contribution in [3.63, 3.8) is 0 Å². The molecule has 2 rings (SSSR count). The Hall–Kier alpha value is -1.84. The van der Waals surface area contributed by atoms with E-state index in [9.17, 15) is 0 Å². The predicted octanol–water partition coefficient (Wildman–Crippen LogP) is 3.95. The van der Waals surface area contributed by atoms with E-state index >= 15 is 0 Å². The van der Waals surface area contributed by atoms with E-state index < -0.39 is 0 Å². The van der Waals surface area contributed by atoms with Gasteiger partial charge in [0.05, 0.1) is 17.0 Å². The number of ether oxygens (including phenoxy) is 1. The minimum absolute atomic E-state index is 0.143. The summed E-state index contributed by atoms with van der Waals surface area (Å²) < 4.78 is 5.96. The van der Waals surface area contributed by atoms with Crippen LogP contribution in [0.4, 0.5) is 5.95 Å². The van der Waals surface area contributed by atoms with Crippen LogP contribution in [0.3, 0.4) is 0 Å². The fourth-order valence-electron chi connectivity index (χ4n) is 2.26. The van der Waals surface area contributed by atoms with Gasteiger partial charge in [0.15, 0.2) is 0 Å². The molecule has 1 heterocycles. The minimum atomic E-state index is 0.143. The van der Waals surface area contributed by atoms with Gasteiger partial charge in [-0.05, 0) is 31.9 Å². The van der Waals surface area contributed by atoms with Crippen molar-refractivity contribution in [2.75, 3.05) is 5.73 Å². The summed E-state index contributed by atoms with van der Waals surface area (Å²) >= 11 is 0. The van der Waals surface area contributed by atoms with E-state index in [1.165, 1.54) is 25.7 Å². The van der Waals surface area contributed by atoms with Gasteiger partial charge in [0.1, 0.15) is 0 Å². The van der Waals surface area contributed by atoms with Crippen LogP contribution in [-0.4, -0.2) is 16.1 Å². The fourth-order valence-corrected chi connectivity index (χ4v) is 2.26. The second kappa shape index (κ2) is 7.08. The average molecular weight is 273 g/mol. The van der Waals surface area contributed by atoms with E-state index in [2.05, 4.69) is 23.8 Å². The van der Waals surface area contributed by atoms with Crippen molar-refractivity contribution < 1.29 is 4.74 Å². The zero-order valence-corrected chi connectivity index (χ0v) is 12.3. The van der Waals surface area contributed by atoms with Crippen LogP contribution in [0.25, 0.3) is 10.9 Å². The lowest BCUT2D eigenvalue weighted by Crippen LogP contribution is -2.13. The number of benzene rings is 1. The van der Waals surface area contributed by atoms with E-state index in [-0.39, 0.29) is 12.1 Å². The molecular formula is C16H23N3O. The van der Waals surface area contributed by atoms with Gasteiger partial charge in [-0.15, -0.1) is 0 Å². The van der Waals surface area contributed by atoms with Gasteiger partial charge in [0.2, 0.25) is 11.8 Å². The summed E-state index contributed by atoms with van der Waals surface area (Å²) in [6, 6.07) is 7.79. The Morgan fingerprint density at radius 3 is 2.75 bits per heavy atom. The molecular weight excluding hydrogens is 250 g/mol. The quantitative estimate of drug-likeness (QED) is 0.776. The maximum absolute atomic E-state index is 5.96. The molecule has 0 fully saturated rings. The first kappa shape index (κ1) is 14.6. The number of nitrogens with zero attached hydrogens (tertiary/aromatic N) is 2. The molecule has 0 radical (unpaired) electrons. The van der Waals surface area contributed by atoms with Crippen molar-refractivity contribution in [2.24, 2.45) is 0 Å². The highest BCUT2D eigenvalue weighted by Gasteiger charge is 2.10. The monoisotopic (exact) mass is 273 g/mol. The lowest BCUT2D eigenvalue weighted by Gasteiger charge is -2.15. The summed E-state index contributed by atoms with van der Waals surface area (Å²) in [4.78, 5) is 8.45.